The van der Waals surface area contributed by atoms with E-state index in [1.54, 1.807) is 0 Å². The van der Waals surface area contributed by atoms with Gasteiger partial charge in [-0.05, 0) is 36.0 Å². The van der Waals surface area contributed by atoms with Gasteiger partial charge in [-0.1, -0.05) is 43.6 Å². The quantitative estimate of drug-likeness (QED) is 0.843. The Labute approximate surface area is 117 Å². The molecule has 2 nitrogen and oxygen atoms in total. The van der Waals surface area contributed by atoms with Gasteiger partial charge in [0.05, 0.1) is 11.0 Å². The molecule has 0 spiro atoms. The van der Waals surface area contributed by atoms with Crippen LogP contribution in [-0.4, -0.2) is 9.97 Å². The molecule has 1 heterocycles. The minimum absolute atomic E-state index is 0.314. The largest absolute Gasteiger partial charge is 0.342 e. The van der Waals surface area contributed by atoms with Crippen LogP contribution in [0.4, 0.5) is 0 Å². The van der Waals surface area contributed by atoms with Gasteiger partial charge in [0.15, 0.2) is 0 Å². The first-order valence-electron chi connectivity index (χ1n) is 6.42. The van der Waals surface area contributed by atoms with Crippen molar-refractivity contribution in [1.82, 2.24) is 9.97 Å². The number of fused-ring (bicyclic) bond motifs is 1. The van der Waals surface area contributed by atoms with E-state index < -0.39 is 0 Å². The maximum Gasteiger partial charge on any atom is 0.107 e. The zero-order valence-electron chi connectivity index (χ0n) is 11.8. The third-order valence-corrected chi connectivity index (χ3v) is 4.23. The average molecular weight is 309 g/mol. The normalized spacial score (nSPS) is 14.1. The standard InChI is InChI=1S/C15H21BrN2/c1-9-6-11(16)8-12-14(9)18-13(17-12)7-10(2)15(3,4)5/h6,8,10H,7H2,1-5H3,(H,17,18). The van der Waals surface area contributed by atoms with E-state index in [2.05, 4.69) is 67.7 Å². The minimum atomic E-state index is 0.314. The van der Waals surface area contributed by atoms with Crippen LogP contribution in [0.15, 0.2) is 16.6 Å². The van der Waals surface area contributed by atoms with Gasteiger partial charge in [-0.2, -0.15) is 0 Å². The number of nitrogens with one attached hydrogen (secondary N) is 1. The fourth-order valence-corrected chi connectivity index (χ4v) is 2.56. The fourth-order valence-electron chi connectivity index (χ4n) is 1.99. The molecule has 98 valence electrons. The monoisotopic (exact) mass is 308 g/mol. The molecule has 1 aromatic carbocycles. The summed E-state index contributed by atoms with van der Waals surface area (Å²) in [5.41, 5.74) is 3.74. The van der Waals surface area contributed by atoms with Crippen molar-refractivity contribution in [3.8, 4) is 0 Å². The smallest absolute Gasteiger partial charge is 0.107 e. The van der Waals surface area contributed by atoms with E-state index in [-0.39, 0.29) is 0 Å². The molecule has 2 aromatic rings. The Morgan fingerprint density at radius 2 is 2.00 bits per heavy atom. The van der Waals surface area contributed by atoms with Gasteiger partial charge in [0.1, 0.15) is 5.82 Å². The van der Waals surface area contributed by atoms with Gasteiger partial charge < -0.3 is 4.98 Å². The second-order valence-corrected chi connectivity index (χ2v) is 7.19. The van der Waals surface area contributed by atoms with Crippen LogP contribution in [0.2, 0.25) is 0 Å². The molecule has 1 atom stereocenters. The molecular weight excluding hydrogens is 288 g/mol. The maximum atomic E-state index is 4.73. The molecule has 0 aliphatic heterocycles. The number of imidazole rings is 1. The number of rotatable bonds is 2. The summed E-state index contributed by atoms with van der Waals surface area (Å²) in [7, 11) is 0. The Balaban J connectivity index is 2.34. The number of nitrogens with zero attached hydrogens (tertiary/aromatic N) is 1. The lowest BCUT2D eigenvalue weighted by atomic mass is 9.80. The highest BCUT2D eigenvalue weighted by molar-refractivity contribution is 9.10. The molecule has 0 amide bonds. The molecule has 1 unspecified atom stereocenters. The second-order valence-electron chi connectivity index (χ2n) is 6.27. The number of benzene rings is 1. The Morgan fingerprint density at radius 1 is 1.33 bits per heavy atom. The van der Waals surface area contributed by atoms with Crippen molar-refractivity contribution < 1.29 is 0 Å². The van der Waals surface area contributed by atoms with Gasteiger partial charge >= 0.3 is 0 Å². The van der Waals surface area contributed by atoms with Crippen molar-refractivity contribution in [2.75, 3.05) is 0 Å². The van der Waals surface area contributed by atoms with Crippen molar-refractivity contribution in [2.24, 2.45) is 11.3 Å². The average Bonchev–Trinajstić information content (AvgIpc) is 2.58. The number of hydrogen-bond acceptors (Lipinski definition) is 1. The van der Waals surface area contributed by atoms with Crippen LogP contribution in [0.25, 0.3) is 11.0 Å². The van der Waals surface area contributed by atoms with Crippen molar-refractivity contribution in [2.45, 2.75) is 41.0 Å². The molecule has 18 heavy (non-hydrogen) atoms. The number of H-pyrrole nitrogens is 1. The SMILES string of the molecule is Cc1cc(Br)cc2[nH]c(CC(C)C(C)(C)C)nc12. The minimum Gasteiger partial charge on any atom is -0.342 e. The number of halogens is 1. The third kappa shape index (κ3) is 2.77. The van der Waals surface area contributed by atoms with E-state index in [0.717, 1.165) is 27.8 Å². The topological polar surface area (TPSA) is 28.7 Å². The molecule has 0 radical (unpaired) electrons. The van der Waals surface area contributed by atoms with Crippen molar-refractivity contribution >= 4 is 27.0 Å². The molecule has 2 rings (SSSR count). The van der Waals surface area contributed by atoms with Crippen LogP contribution < -0.4 is 0 Å². The summed E-state index contributed by atoms with van der Waals surface area (Å²) in [6, 6.07) is 4.21. The first kappa shape index (κ1) is 13.6. The van der Waals surface area contributed by atoms with Gasteiger partial charge in [0.25, 0.3) is 0 Å². The van der Waals surface area contributed by atoms with E-state index in [0.29, 0.717) is 11.3 Å². The number of aromatic nitrogens is 2. The third-order valence-electron chi connectivity index (χ3n) is 3.77. The van der Waals surface area contributed by atoms with Gasteiger partial charge in [0.2, 0.25) is 0 Å². The summed E-state index contributed by atoms with van der Waals surface area (Å²) < 4.78 is 1.10. The van der Waals surface area contributed by atoms with E-state index in [1.165, 1.54) is 5.56 Å². The molecule has 0 fully saturated rings. The predicted octanol–water partition coefficient (Wildman–Crippen LogP) is 4.86. The lowest BCUT2D eigenvalue weighted by Gasteiger charge is -2.26. The predicted molar refractivity (Wildman–Crippen MR) is 80.9 cm³/mol. The fraction of sp³-hybridized carbons (Fsp3) is 0.533. The zero-order chi connectivity index (χ0) is 13.5. The first-order chi connectivity index (χ1) is 8.27. The van der Waals surface area contributed by atoms with E-state index in [9.17, 15) is 0 Å². The summed E-state index contributed by atoms with van der Waals surface area (Å²) in [4.78, 5) is 8.17. The van der Waals surface area contributed by atoms with Crippen LogP contribution in [0, 0.1) is 18.3 Å². The maximum absolute atomic E-state index is 4.73. The van der Waals surface area contributed by atoms with E-state index in [1.807, 2.05) is 0 Å². The summed E-state index contributed by atoms with van der Waals surface area (Å²) >= 11 is 3.53. The highest BCUT2D eigenvalue weighted by Gasteiger charge is 2.21. The molecule has 0 saturated carbocycles. The lowest BCUT2D eigenvalue weighted by Crippen LogP contribution is -2.19. The molecule has 0 saturated heterocycles. The summed E-state index contributed by atoms with van der Waals surface area (Å²) in [5, 5.41) is 0. The summed E-state index contributed by atoms with van der Waals surface area (Å²) in [5.74, 6) is 1.69. The van der Waals surface area contributed by atoms with Crippen LogP contribution in [-0.2, 0) is 6.42 Å². The Kier molecular flexibility index (Phi) is 3.54. The molecule has 0 aliphatic rings. The molecule has 1 N–H and O–H groups in total. The van der Waals surface area contributed by atoms with Gasteiger partial charge in [-0.25, -0.2) is 4.98 Å². The van der Waals surface area contributed by atoms with Crippen LogP contribution in [0.1, 0.15) is 39.1 Å². The van der Waals surface area contributed by atoms with Crippen LogP contribution in [0.5, 0.6) is 0 Å². The van der Waals surface area contributed by atoms with Gasteiger partial charge in [-0.3, -0.25) is 0 Å². The Bertz CT molecular complexity index is 564. The number of hydrogen-bond donors (Lipinski definition) is 1. The number of aryl methyl sites for hydroxylation is 1. The number of aromatic amines is 1. The van der Waals surface area contributed by atoms with Crippen molar-refractivity contribution in [1.29, 1.82) is 0 Å². The Hall–Kier alpha value is -0.830. The highest BCUT2D eigenvalue weighted by atomic mass is 79.9. The van der Waals surface area contributed by atoms with E-state index >= 15 is 0 Å². The molecule has 0 aliphatic carbocycles. The first-order valence-corrected chi connectivity index (χ1v) is 7.21. The van der Waals surface area contributed by atoms with Crippen molar-refractivity contribution in [3.63, 3.8) is 0 Å². The van der Waals surface area contributed by atoms with Crippen LogP contribution >= 0.6 is 15.9 Å². The van der Waals surface area contributed by atoms with Gasteiger partial charge in [0, 0.05) is 10.9 Å². The zero-order valence-corrected chi connectivity index (χ0v) is 13.4. The highest BCUT2D eigenvalue weighted by Crippen LogP contribution is 2.29. The summed E-state index contributed by atoms with van der Waals surface area (Å²) in [6.45, 7) is 11.2. The van der Waals surface area contributed by atoms with Crippen LogP contribution in [0.3, 0.4) is 0 Å². The molecule has 0 bridgehead atoms. The Morgan fingerprint density at radius 3 is 2.61 bits per heavy atom. The van der Waals surface area contributed by atoms with Gasteiger partial charge in [-0.15, -0.1) is 0 Å². The lowest BCUT2D eigenvalue weighted by molar-refractivity contribution is 0.257. The molecule has 3 heteroatoms. The molecular formula is C15H21BrN2. The molecule has 1 aromatic heterocycles. The van der Waals surface area contributed by atoms with Crippen molar-refractivity contribution in [3.05, 3.63) is 28.0 Å². The summed E-state index contributed by atoms with van der Waals surface area (Å²) in [6.07, 6.45) is 0.995. The van der Waals surface area contributed by atoms with E-state index in [4.69, 9.17) is 4.98 Å². The second kappa shape index (κ2) is 4.69.